The minimum absolute atomic E-state index is 0.00634. The Hall–Kier alpha value is -4.45. The molecule has 0 bridgehead atoms. The van der Waals surface area contributed by atoms with Crippen molar-refractivity contribution in [1.82, 2.24) is 10.2 Å². The fourth-order valence-electron chi connectivity index (χ4n) is 4.88. The van der Waals surface area contributed by atoms with Gasteiger partial charge in [-0.25, -0.2) is 9.18 Å². The molecule has 2 aromatic carbocycles. The number of cyclic esters (lactones) is 1. The van der Waals surface area contributed by atoms with Crippen molar-refractivity contribution in [2.24, 2.45) is 0 Å². The van der Waals surface area contributed by atoms with Crippen LogP contribution < -0.4 is 15.0 Å². The highest BCUT2D eigenvalue weighted by molar-refractivity contribution is 5.90. The Labute approximate surface area is 229 Å². The van der Waals surface area contributed by atoms with Crippen molar-refractivity contribution < 1.29 is 32.8 Å². The molecule has 11 nitrogen and oxygen atoms in total. The molecule has 5 rings (SSSR count). The average Bonchev–Trinajstić information content (AvgIpc) is 3.56. The van der Waals surface area contributed by atoms with E-state index in [0.717, 1.165) is 0 Å². The zero-order chi connectivity index (χ0) is 28.2. The number of nitro benzene ring substituents is 1. The third-order valence-corrected chi connectivity index (χ3v) is 6.92. The normalized spacial score (nSPS) is 18.0. The predicted molar refractivity (Wildman–Crippen MR) is 142 cm³/mol. The fourth-order valence-corrected chi connectivity index (χ4v) is 4.88. The van der Waals surface area contributed by atoms with E-state index in [1.165, 1.54) is 30.0 Å². The largest absolute Gasteiger partial charge is 0.487 e. The molecule has 2 amide bonds. The van der Waals surface area contributed by atoms with Crippen molar-refractivity contribution >= 4 is 23.4 Å². The van der Waals surface area contributed by atoms with Crippen LogP contribution in [0.5, 0.6) is 5.75 Å². The lowest BCUT2D eigenvalue weighted by molar-refractivity contribution is -0.384. The molecule has 12 heteroatoms. The second kappa shape index (κ2) is 11.7. The summed E-state index contributed by atoms with van der Waals surface area (Å²) in [5.74, 6) is 0.471. The number of benzene rings is 2. The number of amides is 2. The highest BCUT2D eigenvalue weighted by Crippen LogP contribution is 2.32. The number of hydrogen-bond acceptors (Lipinski definition) is 8. The number of nitrogens with zero attached hydrogens (tertiary/aromatic N) is 3. The van der Waals surface area contributed by atoms with Crippen molar-refractivity contribution in [3.8, 4) is 17.1 Å². The summed E-state index contributed by atoms with van der Waals surface area (Å²) in [6.45, 7) is 3.74. The van der Waals surface area contributed by atoms with Gasteiger partial charge in [0, 0.05) is 32.1 Å². The molecule has 1 aromatic heterocycles. The van der Waals surface area contributed by atoms with E-state index in [4.69, 9.17) is 13.9 Å². The quantitative estimate of drug-likeness (QED) is 0.304. The van der Waals surface area contributed by atoms with E-state index in [9.17, 15) is 24.1 Å². The third-order valence-electron chi connectivity index (χ3n) is 6.92. The number of rotatable bonds is 9. The van der Waals surface area contributed by atoms with Crippen molar-refractivity contribution in [2.45, 2.75) is 38.5 Å². The number of piperidine rings is 1. The number of halogens is 1. The van der Waals surface area contributed by atoms with Gasteiger partial charge in [0.2, 0.25) is 5.91 Å². The van der Waals surface area contributed by atoms with Crippen LogP contribution in [0.25, 0.3) is 11.3 Å². The number of nitro groups is 1. The molecule has 2 fully saturated rings. The fraction of sp³-hybridized carbons (Fsp3) is 0.357. The van der Waals surface area contributed by atoms with Gasteiger partial charge in [-0.2, -0.15) is 0 Å². The molecule has 0 unspecified atom stereocenters. The van der Waals surface area contributed by atoms with Gasteiger partial charge in [-0.05, 0) is 43.2 Å². The standard InChI is InChI=1S/C28H29FN4O7/c1-18(34)30-15-22-17-32(28(35)40-22)19-6-8-27(24(29)14-19)38-20-10-12-31(13-11-20)16-21-7-9-26(39-21)23-4-2-3-5-25(23)33(36)37/h2-9,14,20,22H,10-13,15-17H2,1H3,(H,30,34)/t22-/m0/s1. The molecule has 2 saturated heterocycles. The SMILES string of the molecule is CC(=O)NC[C@H]1CN(c2ccc(OC3CCN(Cc4ccc(-c5ccccc5[N+](=O)[O-])o4)CC3)c(F)c2)C(=O)O1. The lowest BCUT2D eigenvalue weighted by atomic mass is 10.1. The maximum atomic E-state index is 14.9. The highest BCUT2D eigenvalue weighted by atomic mass is 19.1. The van der Waals surface area contributed by atoms with Gasteiger partial charge in [0.1, 0.15) is 23.7 Å². The van der Waals surface area contributed by atoms with E-state index in [1.807, 2.05) is 6.07 Å². The first kappa shape index (κ1) is 27.1. The second-order valence-electron chi connectivity index (χ2n) is 9.80. The summed E-state index contributed by atoms with van der Waals surface area (Å²) in [4.78, 5) is 37.7. The number of likely N-dealkylation sites (tertiary alicyclic amines) is 1. The molecule has 0 aliphatic carbocycles. The molecule has 0 spiro atoms. The van der Waals surface area contributed by atoms with Crippen molar-refractivity contribution in [2.75, 3.05) is 31.1 Å². The molecule has 1 N–H and O–H groups in total. The monoisotopic (exact) mass is 552 g/mol. The van der Waals surface area contributed by atoms with Gasteiger partial charge in [-0.3, -0.25) is 24.7 Å². The number of nitrogens with one attached hydrogen (secondary N) is 1. The molecule has 2 aliphatic heterocycles. The number of furan rings is 1. The third kappa shape index (κ3) is 6.23. The van der Waals surface area contributed by atoms with Gasteiger partial charge in [0.15, 0.2) is 11.6 Å². The highest BCUT2D eigenvalue weighted by Gasteiger charge is 2.33. The zero-order valence-corrected chi connectivity index (χ0v) is 21.9. The lowest BCUT2D eigenvalue weighted by Crippen LogP contribution is -2.37. The Balaban J connectivity index is 1.13. The summed E-state index contributed by atoms with van der Waals surface area (Å²) < 4.78 is 32.0. The van der Waals surface area contributed by atoms with Crippen molar-refractivity contribution in [1.29, 1.82) is 0 Å². The van der Waals surface area contributed by atoms with Gasteiger partial charge in [-0.1, -0.05) is 12.1 Å². The summed E-state index contributed by atoms with van der Waals surface area (Å²) in [5.41, 5.74) is 0.784. The Morgan fingerprint density at radius 1 is 1.18 bits per heavy atom. The van der Waals surface area contributed by atoms with E-state index in [-0.39, 0.29) is 36.5 Å². The van der Waals surface area contributed by atoms with Crippen LogP contribution in [-0.2, 0) is 16.1 Å². The van der Waals surface area contributed by atoms with Crippen LogP contribution >= 0.6 is 0 Å². The molecule has 3 aromatic rings. The minimum atomic E-state index is -0.596. The van der Waals surface area contributed by atoms with E-state index in [2.05, 4.69) is 10.2 Å². The Morgan fingerprint density at radius 3 is 2.67 bits per heavy atom. The topological polar surface area (TPSA) is 127 Å². The Morgan fingerprint density at radius 2 is 1.95 bits per heavy atom. The molecule has 0 radical (unpaired) electrons. The van der Waals surface area contributed by atoms with Gasteiger partial charge in [0.25, 0.3) is 5.69 Å². The number of ether oxygens (including phenoxy) is 2. The molecule has 210 valence electrons. The van der Waals surface area contributed by atoms with E-state index in [1.54, 1.807) is 30.3 Å². The minimum Gasteiger partial charge on any atom is -0.487 e. The summed E-state index contributed by atoms with van der Waals surface area (Å²) in [6, 6.07) is 14.4. The number of para-hydroxylation sites is 1. The number of hydrogen-bond donors (Lipinski definition) is 1. The smallest absolute Gasteiger partial charge is 0.414 e. The van der Waals surface area contributed by atoms with E-state index in [0.29, 0.717) is 55.2 Å². The summed E-state index contributed by atoms with van der Waals surface area (Å²) in [7, 11) is 0. The maximum absolute atomic E-state index is 14.9. The van der Waals surface area contributed by atoms with Crippen molar-refractivity contribution in [3.63, 3.8) is 0 Å². The summed E-state index contributed by atoms with van der Waals surface area (Å²) in [5, 5.41) is 13.9. The van der Waals surface area contributed by atoms with Gasteiger partial charge in [-0.15, -0.1) is 0 Å². The number of carbonyl (C=O) groups is 2. The van der Waals surface area contributed by atoms with Crippen LogP contribution in [0.15, 0.2) is 59.0 Å². The van der Waals surface area contributed by atoms with E-state index < -0.39 is 22.9 Å². The molecule has 3 heterocycles. The first-order chi connectivity index (χ1) is 19.3. The molecular formula is C28H29FN4O7. The predicted octanol–water partition coefficient (Wildman–Crippen LogP) is 4.50. The first-order valence-electron chi connectivity index (χ1n) is 13.0. The van der Waals surface area contributed by atoms with Crippen LogP contribution in [-0.4, -0.2) is 60.2 Å². The zero-order valence-electron chi connectivity index (χ0n) is 21.9. The van der Waals surface area contributed by atoms with Crippen LogP contribution in [0.2, 0.25) is 0 Å². The molecule has 1 atom stereocenters. The van der Waals surface area contributed by atoms with Crippen LogP contribution in [0, 0.1) is 15.9 Å². The molecular weight excluding hydrogens is 523 g/mol. The lowest BCUT2D eigenvalue weighted by Gasteiger charge is -2.31. The summed E-state index contributed by atoms with van der Waals surface area (Å²) in [6.07, 6.45) is 0.0888. The molecule has 0 saturated carbocycles. The van der Waals surface area contributed by atoms with E-state index >= 15 is 0 Å². The van der Waals surface area contributed by atoms with Gasteiger partial charge >= 0.3 is 6.09 Å². The van der Waals surface area contributed by atoms with Gasteiger partial charge in [0.05, 0.1) is 35.8 Å². The van der Waals surface area contributed by atoms with Crippen LogP contribution in [0.3, 0.4) is 0 Å². The first-order valence-corrected chi connectivity index (χ1v) is 13.0. The Kier molecular flexibility index (Phi) is 7.96. The van der Waals surface area contributed by atoms with Crippen molar-refractivity contribution in [3.05, 3.63) is 76.3 Å². The average molecular weight is 553 g/mol. The molecule has 2 aliphatic rings. The van der Waals surface area contributed by atoms with Crippen LogP contribution in [0.4, 0.5) is 20.6 Å². The van der Waals surface area contributed by atoms with Gasteiger partial charge < -0.3 is 19.2 Å². The molecule has 40 heavy (non-hydrogen) atoms. The summed E-state index contributed by atoms with van der Waals surface area (Å²) >= 11 is 0. The maximum Gasteiger partial charge on any atom is 0.414 e. The Bertz CT molecular complexity index is 1400. The van der Waals surface area contributed by atoms with Crippen LogP contribution in [0.1, 0.15) is 25.5 Å². The second-order valence-corrected chi connectivity index (χ2v) is 9.80. The number of carbonyl (C=O) groups excluding carboxylic acids is 2. The number of anilines is 1.